The van der Waals surface area contributed by atoms with Crippen molar-refractivity contribution in [2.45, 2.75) is 38.5 Å². The molecule has 0 aliphatic carbocycles. The third-order valence-electron chi connectivity index (χ3n) is 2.43. The molecule has 0 radical (unpaired) electrons. The maximum absolute atomic E-state index is 11.4. The van der Waals surface area contributed by atoms with Crippen molar-refractivity contribution in [1.29, 1.82) is 0 Å². The Kier molecular flexibility index (Phi) is 4.27. The lowest BCUT2D eigenvalue weighted by molar-refractivity contribution is 0.0126. The van der Waals surface area contributed by atoms with Gasteiger partial charge in [-0.25, -0.2) is 5.14 Å². The molecule has 0 spiro atoms. The van der Waals surface area contributed by atoms with Crippen LogP contribution in [0.5, 0.6) is 0 Å². The van der Waals surface area contributed by atoms with Crippen LogP contribution in [-0.2, 0) is 14.9 Å². The molecular formula is C9H18N2O3S. The summed E-state index contributed by atoms with van der Waals surface area (Å²) in [5.74, 6) is 0. The topological polar surface area (TPSA) is 72.6 Å². The van der Waals surface area contributed by atoms with Crippen molar-refractivity contribution in [3.63, 3.8) is 0 Å². The number of nitrogens with two attached hydrogens (primary N) is 1. The van der Waals surface area contributed by atoms with Crippen molar-refractivity contribution in [3.8, 4) is 0 Å². The molecule has 1 aliphatic heterocycles. The van der Waals surface area contributed by atoms with E-state index < -0.39 is 16.4 Å². The predicted octanol–water partition coefficient (Wildman–Crippen LogP) is 0.593. The van der Waals surface area contributed by atoms with E-state index in [1.807, 2.05) is 0 Å². The van der Waals surface area contributed by atoms with Gasteiger partial charge in [0.25, 0.3) is 10.2 Å². The number of hydrogen-bond acceptors (Lipinski definition) is 3. The highest BCUT2D eigenvalue weighted by Crippen LogP contribution is 2.22. The van der Waals surface area contributed by atoms with Crippen molar-refractivity contribution in [3.05, 3.63) is 12.7 Å². The molecule has 0 saturated carbocycles. The molecule has 5 nitrogen and oxygen atoms in total. The van der Waals surface area contributed by atoms with Crippen LogP contribution >= 0.6 is 0 Å². The van der Waals surface area contributed by atoms with Crippen LogP contribution in [0, 0.1) is 0 Å². The Balaban J connectivity index is 2.81. The third-order valence-corrected chi connectivity index (χ3v) is 3.61. The molecule has 0 aromatic heterocycles. The summed E-state index contributed by atoms with van der Waals surface area (Å²) in [6, 6.07) is -0.208. The lowest BCUT2D eigenvalue weighted by atomic mass is 10.2. The molecule has 1 heterocycles. The highest BCUT2D eigenvalue weighted by Gasteiger charge is 2.33. The van der Waals surface area contributed by atoms with Gasteiger partial charge in [0.2, 0.25) is 0 Å². The Bertz CT molecular complexity index is 309. The second kappa shape index (κ2) is 5.07. The van der Waals surface area contributed by atoms with Gasteiger partial charge in [-0.15, -0.1) is 6.58 Å². The van der Waals surface area contributed by atoms with Crippen molar-refractivity contribution in [2.75, 3.05) is 6.61 Å². The zero-order valence-corrected chi connectivity index (χ0v) is 9.74. The number of rotatable bonds is 5. The molecule has 1 rings (SSSR count). The molecular weight excluding hydrogens is 216 g/mol. The zero-order valence-electron chi connectivity index (χ0n) is 8.93. The normalized spacial score (nSPS) is 24.3. The molecule has 1 saturated heterocycles. The molecule has 0 aromatic carbocycles. The van der Waals surface area contributed by atoms with Gasteiger partial charge in [-0.3, -0.25) is 0 Å². The number of ether oxygens (including phenoxy) is 1. The van der Waals surface area contributed by atoms with E-state index in [4.69, 9.17) is 9.88 Å². The van der Waals surface area contributed by atoms with E-state index >= 15 is 0 Å². The summed E-state index contributed by atoms with van der Waals surface area (Å²) < 4.78 is 29.4. The Hall–Kier alpha value is -0.430. The molecule has 0 unspecified atom stereocenters. The summed E-state index contributed by atoms with van der Waals surface area (Å²) in [7, 11) is -3.71. The minimum absolute atomic E-state index is 0.208. The maximum Gasteiger partial charge on any atom is 0.279 e. The first-order chi connectivity index (χ1) is 6.96. The Morgan fingerprint density at radius 2 is 2.40 bits per heavy atom. The van der Waals surface area contributed by atoms with E-state index in [1.54, 1.807) is 13.0 Å². The van der Waals surface area contributed by atoms with Crippen LogP contribution in [0.1, 0.15) is 26.2 Å². The fraction of sp³-hybridized carbons (Fsp3) is 0.778. The molecule has 15 heavy (non-hydrogen) atoms. The standard InChI is InChI=1S/C9H18N2O3S/c1-3-5-8(2)11(15(10,12)13)9-6-4-7-14-9/h3,8-9H,1,4-7H2,2H3,(H2,10,12,13)/t8-,9-/m0/s1. The molecule has 1 fully saturated rings. The monoisotopic (exact) mass is 234 g/mol. The number of hydrogen-bond donors (Lipinski definition) is 1. The molecule has 0 bridgehead atoms. The highest BCUT2D eigenvalue weighted by atomic mass is 32.2. The van der Waals surface area contributed by atoms with Gasteiger partial charge in [0.15, 0.2) is 0 Å². The Morgan fingerprint density at radius 1 is 1.73 bits per heavy atom. The largest absolute Gasteiger partial charge is 0.362 e. The Labute approximate surface area is 91.1 Å². The lowest BCUT2D eigenvalue weighted by Gasteiger charge is -2.30. The minimum atomic E-state index is -3.71. The van der Waals surface area contributed by atoms with Crippen molar-refractivity contribution < 1.29 is 13.2 Å². The first-order valence-corrected chi connectivity index (χ1v) is 6.51. The smallest absolute Gasteiger partial charge is 0.279 e. The van der Waals surface area contributed by atoms with E-state index in [-0.39, 0.29) is 6.04 Å². The molecule has 1 aliphatic rings. The van der Waals surface area contributed by atoms with Gasteiger partial charge in [-0.05, 0) is 26.2 Å². The van der Waals surface area contributed by atoms with Crippen molar-refractivity contribution in [2.24, 2.45) is 5.14 Å². The van der Waals surface area contributed by atoms with Gasteiger partial charge in [-0.1, -0.05) is 6.08 Å². The predicted molar refractivity (Wildman–Crippen MR) is 58.2 cm³/mol. The van der Waals surface area contributed by atoms with E-state index in [9.17, 15) is 8.42 Å². The first-order valence-electron chi connectivity index (χ1n) is 5.00. The lowest BCUT2D eigenvalue weighted by Crippen LogP contribution is -2.48. The summed E-state index contributed by atoms with van der Waals surface area (Å²) in [4.78, 5) is 0. The summed E-state index contributed by atoms with van der Waals surface area (Å²) in [5.41, 5.74) is 0. The van der Waals surface area contributed by atoms with Crippen LogP contribution in [-0.4, -0.2) is 31.6 Å². The van der Waals surface area contributed by atoms with Crippen LogP contribution in [0.4, 0.5) is 0 Å². The van der Waals surface area contributed by atoms with Crippen LogP contribution in [0.3, 0.4) is 0 Å². The van der Waals surface area contributed by atoms with E-state index in [2.05, 4.69) is 6.58 Å². The summed E-state index contributed by atoms with van der Waals surface area (Å²) in [6.07, 6.45) is 3.42. The van der Waals surface area contributed by atoms with E-state index in [0.29, 0.717) is 19.4 Å². The van der Waals surface area contributed by atoms with E-state index in [0.717, 1.165) is 6.42 Å². The first kappa shape index (κ1) is 12.6. The zero-order chi connectivity index (χ0) is 11.5. The molecule has 2 atom stereocenters. The summed E-state index contributed by atoms with van der Waals surface area (Å²) in [6.45, 7) is 5.98. The molecule has 6 heteroatoms. The maximum atomic E-state index is 11.4. The van der Waals surface area contributed by atoms with Gasteiger partial charge >= 0.3 is 0 Å². The fourth-order valence-corrected chi connectivity index (χ4v) is 2.89. The number of nitrogens with zero attached hydrogens (tertiary/aromatic N) is 1. The van der Waals surface area contributed by atoms with Gasteiger partial charge in [0.1, 0.15) is 6.23 Å². The molecule has 2 N–H and O–H groups in total. The molecule has 88 valence electrons. The molecule has 0 aromatic rings. The summed E-state index contributed by atoms with van der Waals surface area (Å²) in [5, 5.41) is 5.17. The van der Waals surface area contributed by atoms with Gasteiger partial charge < -0.3 is 4.74 Å². The van der Waals surface area contributed by atoms with Crippen LogP contribution in [0.25, 0.3) is 0 Å². The second-order valence-electron chi connectivity index (χ2n) is 3.72. The van der Waals surface area contributed by atoms with Gasteiger partial charge in [0, 0.05) is 12.6 Å². The van der Waals surface area contributed by atoms with Crippen LogP contribution < -0.4 is 5.14 Å². The van der Waals surface area contributed by atoms with Crippen LogP contribution in [0.2, 0.25) is 0 Å². The highest BCUT2D eigenvalue weighted by molar-refractivity contribution is 7.86. The van der Waals surface area contributed by atoms with Crippen molar-refractivity contribution >= 4 is 10.2 Å². The Morgan fingerprint density at radius 3 is 2.80 bits per heavy atom. The minimum Gasteiger partial charge on any atom is -0.362 e. The SMILES string of the molecule is C=CC[C@H](C)N([C@@H]1CCCO1)S(N)(=O)=O. The van der Waals surface area contributed by atoms with Gasteiger partial charge in [-0.2, -0.15) is 12.7 Å². The quantitative estimate of drug-likeness (QED) is 0.708. The average Bonchev–Trinajstić information content (AvgIpc) is 2.55. The summed E-state index contributed by atoms with van der Waals surface area (Å²) >= 11 is 0. The van der Waals surface area contributed by atoms with Crippen molar-refractivity contribution in [1.82, 2.24) is 4.31 Å². The fourth-order valence-electron chi connectivity index (χ4n) is 1.80. The van der Waals surface area contributed by atoms with E-state index in [1.165, 1.54) is 4.31 Å². The third kappa shape index (κ3) is 3.27. The molecule has 0 amide bonds. The van der Waals surface area contributed by atoms with Gasteiger partial charge in [0.05, 0.1) is 0 Å². The van der Waals surface area contributed by atoms with Crippen LogP contribution in [0.15, 0.2) is 12.7 Å². The average molecular weight is 234 g/mol. The second-order valence-corrected chi connectivity index (χ2v) is 5.17.